The Morgan fingerprint density at radius 3 is 2.30 bits per heavy atom. The SMILES string of the molecule is CCO[C@@H](CCN)C(C)C. The molecule has 0 amide bonds. The second-order valence-corrected chi connectivity index (χ2v) is 2.82. The fourth-order valence-electron chi connectivity index (χ4n) is 0.987. The lowest BCUT2D eigenvalue weighted by molar-refractivity contribution is 0.0266. The lowest BCUT2D eigenvalue weighted by Gasteiger charge is -2.19. The fraction of sp³-hybridized carbons (Fsp3) is 1.00. The van der Waals surface area contributed by atoms with E-state index in [0.29, 0.717) is 12.0 Å². The predicted octanol–water partition coefficient (Wildman–Crippen LogP) is 1.40. The first kappa shape index (κ1) is 9.92. The summed E-state index contributed by atoms with van der Waals surface area (Å²) in [4.78, 5) is 0. The molecule has 0 radical (unpaired) electrons. The third-order valence-corrected chi connectivity index (χ3v) is 1.58. The van der Waals surface area contributed by atoms with E-state index in [1.54, 1.807) is 0 Å². The van der Waals surface area contributed by atoms with Gasteiger partial charge in [-0.1, -0.05) is 13.8 Å². The highest BCUT2D eigenvalue weighted by molar-refractivity contribution is 4.62. The van der Waals surface area contributed by atoms with Gasteiger partial charge in [0.25, 0.3) is 0 Å². The maximum Gasteiger partial charge on any atom is 0.0609 e. The van der Waals surface area contributed by atoms with E-state index in [1.165, 1.54) is 0 Å². The second kappa shape index (κ2) is 5.69. The molecule has 2 heteroatoms. The normalized spacial score (nSPS) is 14.1. The molecule has 0 aromatic heterocycles. The highest BCUT2D eigenvalue weighted by Crippen LogP contribution is 2.09. The van der Waals surface area contributed by atoms with Crippen LogP contribution < -0.4 is 5.73 Å². The van der Waals surface area contributed by atoms with Crippen LogP contribution >= 0.6 is 0 Å². The van der Waals surface area contributed by atoms with Gasteiger partial charge in [0.05, 0.1) is 6.10 Å². The van der Waals surface area contributed by atoms with Crippen molar-refractivity contribution in [2.24, 2.45) is 11.7 Å². The summed E-state index contributed by atoms with van der Waals surface area (Å²) in [6.07, 6.45) is 1.33. The molecule has 0 heterocycles. The van der Waals surface area contributed by atoms with Crippen LogP contribution in [0.5, 0.6) is 0 Å². The standard InChI is InChI=1S/C8H19NO/c1-4-10-8(5-6-9)7(2)3/h7-8H,4-6,9H2,1-3H3/t8-/m0/s1. The number of rotatable bonds is 5. The quantitative estimate of drug-likeness (QED) is 0.634. The molecule has 0 saturated heterocycles. The van der Waals surface area contributed by atoms with Crippen LogP contribution in [0, 0.1) is 5.92 Å². The molecule has 0 saturated carbocycles. The maximum absolute atomic E-state index is 5.46. The van der Waals surface area contributed by atoms with Crippen molar-refractivity contribution in [3.8, 4) is 0 Å². The Kier molecular flexibility index (Phi) is 5.64. The first-order valence-electron chi connectivity index (χ1n) is 4.04. The van der Waals surface area contributed by atoms with Gasteiger partial charge in [-0.15, -0.1) is 0 Å². The lowest BCUT2D eigenvalue weighted by Crippen LogP contribution is -2.23. The van der Waals surface area contributed by atoms with Crippen molar-refractivity contribution < 1.29 is 4.74 Å². The second-order valence-electron chi connectivity index (χ2n) is 2.82. The molecule has 1 atom stereocenters. The van der Waals surface area contributed by atoms with E-state index in [4.69, 9.17) is 10.5 Å². The highest BCUT2D eigenvalue weighted by Gasteiger charge is 2.10. The third kappa shape index (κ3) is 3.85. The lowest BCUT2D eigenvalue weighted by atomic mass is 10.0. The minimum absolute atomic E-state index is 0.356. The van der Waals surface area contributed by atoms with Gasteiger partial charge in [-0.05, 0) is 25.8 Å². The van der Waals surface area contributed by atoms with Crippen LogP contribution in [-0.4, -0.2) is 19.3 Å². The molecule has 10 heavy (non-hydrogen) atoms. The summed E-state index contributed by atoms with van der Waals surface area (Å²) in [5.74, 6) is 0.587. The number of hydrogen-bond acceptors (Lipinski definition) is 2. The minimum atomic E-state index is 0.356. The highest BCUT2D eigenvalue weighted by atomic mass is 16.5. The molecule has 0 aliphatic rings. The van der Waals surface area contributed by atoms with Crippen LogP contribution in [0.25, 0.3) is 0 Å². The van der Waals surface area contributed by atoms with Crippen LogP contribution in [0.3, 0.4) is 0 Å². The van der Waals surface area contributed by atoms with Crippen molar-refractivity contribution in [3.05, 3.63) is 0 Å². The van der Waals surface area contributed by atoms with Gasteiger partial charge in [0.2, 0.25) is 0 Å². The van der Waals surface area contributed by atoms with Crippen LogP contribution in [-0.2, 0) is 4.74 Å². The van der Waals surface area contributed by atoms with E-state index in [1.807, 2.05) is 6.92 Å². The summed E-state index contributed by atoms with van der Waals surface area (Å²) in [5, 5.41) is 0. The molecule has 0 aromatic carbocycles. The van der Waals surface area contributed by atoms with Gasteiger partial charge in [0, 0.05) is 6.61 Å². The molecule has 0 aromatic rings. The molecular weight excluding hydrogens is 126 g/mol. The predicted molar refractivity (Wildman–Crippen MR) is 43.9 cm³/mol. The zero-order chi connectivity index (χ0) is 7.98. The molecule has 2 nitrogen and oxygen atoms in total. The Labute approximate surface area is 63.7 Å². The van der Waals surface area contributed by atoms with Crippen molar-refractivity contribution in [3.63, 3.8) is 0 Å². The molecule has 0 aliphatic carbocycles. The summed E-state index contributed by atoms with van der Waals surface area (Å²) in [6.45, 7) is 7.86. The van der Waals surface area contributed by atoms with E-state index in [9.17, 15) is 0 Å². The van der Waals surface area contributed by atoms with Crippen LogP contribution in [0.2, 0.25) is 0 Å². The van der Waals surface area contributed by atoms with Crippen LogP contribution in [0.15, 0.2) is 0 Å². The van der Waals surface area contributed by atoms with Gasteiger partial charge in [-0.3, -0.25) is 0 Å². The number of ether oxygens (including phenoxy) is 1. The molecule has 2 N–H and O–H groups in total. The molecule has 0 rings (SSSR count). The van der Waals surface area contributed by atoms with Gasteiger partial charge in [0.1, 0.15) is 0 Å². The summed E-state index contributed by atoms with van der Waals surface area (Å²) >= 11 is 0. The Hall–Kier alpha value is -0.0800. The van der Waals surface area contributed by atoms with Crippen LogP contribution in [0.1, 0.15) is 27.2 Å². The molecule has 62 valence electrons. The third-order valence-electron chi connectivity index (χ3n) is 1.58. The molecule has 0 unspecified atom stereocenters. The van der Waals surface area contributed by atoms with E-state index in [0.717, 1.165) is 19.6 Å². The van der Waals surface area contributed by atoms with Crippen molar-refractivity contribution in [1.29, 1.82) is 0 Å². The smallest absolute Gasteiger partial charge is 0.0609 e. The van der Waals surface area contributed by atoms with E-state index in [-0.39, 0.29) is 0 Å². The van der Waals surface area contributed by atoms with Crippen molar-refractivity contribution in [2.45, 2.75) is 33.3 Å². The summed E-state index contributed by atoms with van der Waals surface area (Å²) in [5.41, 5.74) is 5.42. The molecule has 0 fully saturated rings. The minimum Gasteiger partial charge on any atom is -0.378 e. The van der Waals surface area contributed by atoms with E-state index < -0.39 is 0 Å². The van der Waals surface area contributed by atoms with Gasteiger partial charge in [0.15, 0.2) is 0 Å². The Morgan fingerprint density at radius 2 is 2.00 bits per heavy atom. The largest absolute Gasteiger partial charge is 0.378 e. The van der Waals surface area contributed by atoms with Crippen molar-refractivity contribution in [1.82, 2.24) is 0 Å². The van der Waals surface area contributed by atoms with Crippen molar-refractivity contribution >= 4 is 0 Å². The molecule has 0 spiro atoms. The zero-order valence-electron chi connectivity index (χ0n) is 7.26. The summed E-state index contributed by atoms with van der Waals surface area (Å²) < 4.78 is 5.46. The van der Waals surface area contributed by atoms with Gasteiger partial charge in [-0.25, -0.2) is 0 Å². The average Bonchev–Trinajstić information content (AvgIpc) is 1.87. The van der Waals surface area contributed by atoms with E-state index in [2.05, 4.69) is 13.8 Å². The first-order valence-corrected chi connectivity index (χ1v) is 4.04. The zero-order valence-corrected chi connectivity index (χ0v) is 7.26. The summed E-state index contributed by atoms with van der Waals surface area (Å²) in [6, 6.07) is 0. The average molecular weight is 145 g/mol. The fourth-order valence-corrected chi connectivity index (χ4v) is 0.987. The Bertz CT molecular complexity index is 67.7. The van der Waals surface area contributed by atoms with Gasteiger partial charge >= 0.3 is 0 Å². The van der Waals surface area contributed by atoms with Gasteiger partial charge in [-0.2, -0.15) is 0 Å². The topological polar surface area (TPSA) is 35.2 Å². The molecule has 0 bridgehead atoms. The van der Waals surface area contributed by atoms with Gasteiger partial charge < -0.3 is 10.5 Å². The van der Waals surface area contributed by atoms with E-state index >= 15 is 0 Å². The van der Waals surface area contributed by atoms with Crippen molar-refractivity contribution in [2.75, 3.05) is 13.2 Å². The summed E-state index contributed by atoms with van der Waals surface area (Å²) in [7, 11) is 0. The first-order chi connectivity index (χ1) is 4.72. The Morgan fingerprint density at radius 1 is 1.40 bits per heavy atom. The number of nitrogens with two attached hydrogens (primary N) is 1. The monoisotopic (exact) mass is 145 g/mol. The number of hydrogen-bond donors (Lipinski definition) is 1. The maximum atomic E-state index is 5.46. The Balaban J connectivity index is 3.50. The van der Waals surface area contributed by atoms with Crippen LogP contribution in [0.4, 0.5) is 0 Å². The molecular formula is C8H19NO. The molecule has 0 aliphatic heterocycles.